The summed E-state index contributed by atoms with van der Waals surface area (Å²) in [4.78, 5) is 11.9. The second-order valence-electron chi connectivity index (χ2n) is 8.01. The first-order valence-electron chi connectivity index (χ1n) is 11.5. The van der Waals surface area contributed by atoms with Crippen molar-refractivity contribution < 1.29 is 23.0 Å². The first kappa shape index (κ1) is 25.2. The van der Waals surface area contributed by atoms with Crippen LogP contribution in [0.4, 0.5) is 8.78 Å². The van der Waals surface area contributed by atoms with Crippen LogP contribution in [0.25, 0.3) is 28.3 Å². The highest BCUT2D eigenvalue weighted by molar-refractivity contribution is 5.89. The molecule has 0 aromatic heterocycles. The maximum absolute atomic E-state index is 14.1. The van der Waals surface area contributed by atoms with Crippen molar-refractivity contribution in [2.24, 2.45) is 0 Å². The molecule has 0 amide bonds. The maximum atomic E-state index is 14.1. The number of esters is 1. The van der Waals surface area contributed by atoms with Crippen LogP contribution in [-0.4, -0.2) is 19.2 Å². The normalized spacial score (nSPS) is 11.2. The maximum Gasteiger partial charge on any atom is 0.330 e. The second kappa shape index (κ2) is 12.1. The molecule has 3 nitrogen and oxygen atoms in total. The Balaban J connectivity index is 2.05. The minimum atomic E-state index is -2.63. The third-order valence-corrected chi connectivity index (χ3v) is 5.40. The van der Waals surface area contributed by atoms with Gasteiger partial charge in [-0.25, -0.2) is 13.6 Å². The number of halogens is 2. The van der Waals surface area contributed by atoms with Gasteiger partial charge in [0.1, 0.15) is 5.75 Å². The van der Waals surface area contributed by atoms with Gasteiger partial charge in [-0.15, -0.1) is 0 Å². The van der Waals surface area contributed by atoms with E-state index in [2.05, 4.69) is 6.92 Å². The van der Waals surface area contributed by atoms with Crippen molar-refractivity contribution in [1.82, 2.24) is 0 Å². The van der Waals surface area contributed by atoms with Crippen LogP contribution < -0.4 is 4.74 Å². The third-order valence-electron chi connectivity index (χ3n) is 5.40. The van der Waals surface area contributed by atoms with E-state index in [9.17, 15) is 13.6 Å². The van der Waals surface area contributed by atoms with Crippen LogP contribution in [0.1, 0.15) is 49.8 Å². The molecule has 0 saturated carbocycles. The summed E-state index contributed by atoms with van der Waals surface area (Å²) in [6.45, 7) is 6.61. The van der Waals surface area contributed by atoms with Gasteiger partial charge in [-0.3, -0.25) is 0 Å². The lowest BCUT2D eigenvalue weighted by atomic mass is 9.92. The van der Waals surface area contributed by atoms with E-state index in [1.807, 2.05) is 55.5 Å². The Labute approximate surface area is 200 Å². The Bertz CT molecular complexity index is 1150. The molecule has 0 aliphatic carbocycles. The minimum absolute atomic E-state index is 0.0355. The molecule has 0 N–H and O–H groups in total. The zero-order valence-electron chi connectivity index (χ0n) is 19.8. The molecule has 0 bridgehead atoms. The van der Waals surface area contributed by atoms with Crippen molar-refractivity contribution >= 4 is 12.0 Å². The number of unbranched alkanes of at least 4 members (excludes halogenated alkanes) is 1. The summed E-state index contributed by atoms with van der Waals surface area (Å²) in [6.07, 6.45) is 2.28. The predicted octanol–water partition coefficient (Wildman–Crippen LogP) is 8.02. The van der Waals surface area contributed by atoms with Crippen molar-refractivity contribution in [2.45, 2.75) is 40.0 Å². The van der Waals surface area contributed by atoms with Gasteiger partial charge in [0.25, 0.3) is 6.43 Å². The summed E-state index contributed by atoms with van der Waals surface area (Å²) in [5, 5.41) is 0. The van der Waals surface area contributed by atoms with Gasteiger partial charge in [0.2, 0.25) is 0 Å². The molecule has 0 spiro atoms. The first-order valence-corrected chi connectivity index (χ1v) is 11.5. The standard InChI is InChI=1S/C29H30F2O3/c1-4-6-16-34-24-12-14-25(22(18-24)11-15-28(32)33-5-2)23-10-13-26(27(19-23)29(30)31)21-9-7-8-20(3)17-21/h7-15,17-19,29H,4-6,16H2,1-3H3/b15-11+. The molecule has 0 aliphatic heterocycles. The highest BCUT2D eigenvalue weighted by Gasteiger charge is 2.17. The molecular formula is C29H30F2O3. The lowest BCUT2D eigenvalue weighted by Gasteiger charge is -2.15. The van der Waals surface area contributed by atoms with Crippen molar-refractivity contribution in [3.8, 4) is 28.0 Å². The van der Waals surface area contributed by atoms with E-state index < -0.39 is 12.4 Å². The minimum Gasteiger partial charge on any atom is -0.494 e. The summed E-state index contributed by atoms with van der Waals surface area (Å²) >= 11 is 0. The zero-order chi connectivity index (χ0) is 24.5. The summed E-state index contributed by atoms with van der Waals surface area (Å²) in [7, 11) is 0. The Kier molecular flexibility index (Phi) is 8.97. The molecule has 0 atom stereocenters. The number of hydrogen-bond donors (Lipinski definition) is 0. The molecule has 3 aromatic rings. The van der Waals surface area contributed by atoms with Gasteiger partial charge in [-0.2, -0.15) is 0 Å². The second-order valence-corrected chi connectivity index (χ2v) is 8.01. The van der Waals surface area contributed by atoms with Gasteiger partial charge in [0, 0.05) is 11.6 Å². The van der Waals surface area contributed by atoms with E-state index in [0.29, 0.717) is 29.0 Å². The highest BCUT2D eigenvalue weighted by Crippen LogP contribution is 2.37. The molecule has 0 heterocycles. The summed E-state index contributed by atoms with van der Waals surface area (Å²) < 4.78 is 39.0. The van der Waals surface area contributed by atoms with E-state index in [-0.39, 0.29) is 12.2 Å². The van der Waals surface area contributed by atoms with Crippen LogP contribution in [0.3, 0.4) is 0 Å². The number of ether oxygens (including phenoxy) is 2. The van der Waals surface area contributed by atoms with E-state index >= 15 is 0 Å². The van der Waals surface area contributed by atoms with Gasteiger partial charge in [0.15, 0.2) is 0 Å². The SMILES string of the molecule is CCCCOc1ccc(-c2ccc(-c3cccc(C)c3)c(C(F)F)c2)c(/C=C/C(=O)OCC)c1. The molecule has 3 aromatic carbocycles. The smallest absolute Gasteiger partial charge is 0.330 e. The van der Waals surface area contributed by atoms with Gasteiger partial charge in [-0.05, 0) is 72.4 Å². The molecular weight excluding hydrogens is 434 g/mol. The average Bonchev–Trinajstić information content (AvgIpc) is 2.83. The molecule has 0 saturated heterocycles. The van der Waals surface area contributed by atoms with Crippen LogP contribution in [0.5, 0.6) is 5.75 Å². The van der Waals surface area contributed by atoms with Crippen LogP contribution in [0, 0.1) is 6.92 Å². The fraction of sp³-hybridized carbons (Fsp3) is 0.276. The van der Waals surface area contributed by atoms with Gasteiger partial charge in [0.05, 0.1) is 13.2 Å². The Morgan fingerprint density at radius 3 is 2.44 bits per heavy atom. The number of hydrogen-bond acceptors (Lipinski definition) is 3. The summed E-state index contributed by atoms with van der Waals surface area (Å²) in [5.74, 6) is 0.194. The van der Waals surface area contributed by atoms with Crippen molar-refractivity contribution in [1.29, 1.82) is 0 Å². The monoisotopic (exact) mass is 464 g/mol. The Hall–Kier alpha value is -3.47. The highest BCUT2D eigenvalue weighted by atomic mass is 19.3. The molecule has 0 aliphatic rings. The molecule has 0 unspecified atom stereocenters. The zero-order valence-corrected chi connectivity index (χ0v) is 19.8. The Morgan fingerprint density at radius 2 is 1.74 bits per heavy atom. The number of aryl methyl sites for hydroxylation is 1. The summed E-state index contributed by atoms with van der Waals surface area (Å²) in [6, 6.07) is 18.1. The fourth-order valence-electron chi connectivity index (χ4n) is 3.70. The van der Waals surface area contributed by atoms with Crippen LogP contribution in [0.15, 0.2) is 66.7 Å². The number of carbonyl (C=O) groups excluding carboxylic acids is 1. The Morgan fingerprint density at radius 1 is 0.971 bits per heavy atom. The van der Waals surface area contributed by atoms with E-state index in [4.69, 9.17) is 9.47 Å². The number of benzene rings is 3. The van der Waals surface area contributed by atoms with Crippen molar-refractivity contribution in [3.05, 3.63) is 83.4 Å². The fourth-order valence-corrected chi connectivity index (χ4v) is 3.70. The number of alkyl halides is 2. The van der Waals surface area contributed by atoms with E-state index in [0.717, 1.165) is 29.5 Å². The van der Waals surface area contributed by atoms with Crippen LogP contribution in [-0.2, 0) is 9.53 Å². The molecule has 0 fully saturated rings. The van der Waals surface area contributed by atoms with Crippen molar-refractivity contribution in [2.75, 3.05) is 13.2 Å². The molecule has 178 valence electrons. The third kappa shape index (κ3) is 6.53. The quantitative estimate of drug-likeness (QED) is 0.173. The number of carbonyl (C=O) groups is 1. The summed E-state index contributed by atoms with van der Waals surface area (Å²) in [5.41, 5.74) is 4.27. The van der Waals surface area contributed by atoms with Crippen molar-refractivity contribution in [3.63, 3.8) is 0 Å². The van der Waals surface area contributed by atoms with Crippen LogP contribution in [0.2, 0.25) is 0 Å². The largest absolute Gasteiger partial charge is 0.494 e. The van der Waals surface area contributed by atoms with E-state index in [1.165, 1.54) is 12.1 Å². The molecule has 3 rings (SSSR count). The average molecular weight is 465 g/mol. The lowest BCUT2D eigenvalue weighted by Crippen LogP contribution is -2.00. The lowest BCUT2D eigenvalue weighted by molar-refractivity contribution is -0.137. The topological polar surface area (TPSA) is 35.5 Å². The van der Waals surface area contributed by atoms with E-state index in [1.54, 1.807) is 19.1 Å². The predicted molar refractivity (Wildman–Crippen MR) is 133 cm³/mol. The molecule has 0 radical (unpaired) electrons. The molecule has 5 heteroatoms. The van der Waals surface area contributed by atoms with Gasteiger partial charge >= 0.3 is 5.97 Å². The first-order chi connectivity index (χ1) is 16.4. The number of rotatable bonds is 10. The van der Waals surface area contributed by atoms with Gasteiger partial charge < -0.3 is 9.47 Å². The van der Waals surface area contributed by atoms with Crippen LogP contribution >= 0.6 is 0 Å². The van der Waals surface area contributed by atoms with Gasteiger partial charge in [-0.1, -0.05) is 61.4 Å². The molecule has 34 heavy (non-hydrogen) atoms.